The van der Waals surface area contributed by atoms with Gasteiger partial charge in [0.25, 0.3) is 10.0 Å². The maximum absolute atomic E-state index is 13.5. The summed E-state index contributed by atoms with van der Waals surface area (Å²) in [5.41, 5.74) is -1.82. The van der Waals surface area contributed by atoms with Crippen LogP contribution in [-0.2, 0) is 10.0 Å². The van der Waals surface area contributed by atoms with Crippen molar-refractivity contribution in [2.24, 2.45) is 0 Å². The highest BCUT2D eigenvalue weighted by Gasteiger charge is 2.23. The van der Waals surface area contributed by atoms with Gasteiger partial charge in [-0.05, 0) is 0 Å². The van der Waals surface area contributed by atoms with Gasteiger partial charge in [0.2, 0.25) is 5.82 Å². The van der Waals surface area contributed by atoms with Crippen LogP contribution in [0.15, 0.2) is 22.5 Å². The van der Waals surface area contributed by atoms with Crippen LogP contribution in [-0.4, -0.2) is 18.3 Å². The first kappa shape index (κ1) is 15.5. The SMILES string of the molecule is O=[N+]([O-])c1cc(NS(=O)(=O)c2cnc(Cl)s2)c(F)cc1F. The van der Waals surface area contributed by atoms with Crippen LogP contribution in [0.1, 0.15) is 0 Å². The molecule has 2 aromatic rings. The number of nitro benzene ring substituents is 1. The summed E-state index contributed by atoms with van der Waals surface area (Å²) in [6, 6.07) is 0.667. The van der Waals surface area contributed by atoms with Crippen LogP contribution in [0.2, 0.25) is 4.47 Å². The van der Waals surface area contributed by atoms with Crippen LogP contribution in [0.3, 0.4) is 0 Å². The second kappa shape index (κ2) is 5.50. The molecule has 0 aliphatic rings. The van der Waals surface area contributed by atoms with Crippen LogP contribution in [0, 0.1) is 21.7 Å². The lowest BCUT2D eigenvalue weighted by Crippen LogP contribution is -2.13. The number of halogens is 3. The van der Waals surface area contributed by atoms with E-state index in [9.17, 15) is 27.3 Å². The molecule has 0 aliphatic heterocycles. The molecule has 0 unspecified atom stereocenters. The minimum atomic E-state index is -4.23. The summed E-state index contributed by atoms with van der Waals surface area (Å²) in [4.78, 5) is 13.0. The number of nitrogens with zero attached hydrogens (tertiary/aromatic N) is 2. The van der Waals surface area contributed by atoms with Crippen molar-refractivity contribution >= 4 is 44.3 Å². The molecule has 1 aromatic heterocycles. The van der Waals surface area contributed by atoms with Crippen molar-refractivity contribution in [3.63, 3.8) is 0 Å². The second-order valence-corrected chi connectivity index (χ2v) is 7.10. The molecule has 112 valence electrons. The smallest absolute Gasteiger partial charge is 0.276 e. The summed E-state index contributed by atoms with van der Waals surface area (Å²) in [6.07, 6.45) is 0.936. The van der Waals surface area contributed by atoms with Gasteiger partial charge in [-0.1, -0.05) is 22.9 Å². The molecule has 0 radical (unpaired) electrons. The molecule has 0 bridgehead atoms. The number of hydrogen-bond acceptors (Lipinski definition) is 6. The third-order valence-corrected chi connectivity index (χ3v) is 5.14. The Bertz CT molecular complexity index is 824. The minimum absolute atomic E-state index is 0.0547. The number of benzene rings is 1. The molecular formula is C9H4ClF2N3O4S2. The van der Waals surface area contributed by atoms with Gasteiger partial charge in [-0.15, -0.1) is 0 Å². The van der Waals surface area contributed by atoms with Crippen LogP contribution >= 0.6 is 22.9 Å². The highest BCUT2D eigenvalue weighted by Crippen LogP contribution is 2.29. The normalized spacial score (nSPS) is 11.4. The van der Waals surface area contributed by atoms with Crippen molar-refractivity contribution in [1.82, 2.24) is 4.98 Å². The number of rotatable bonds is 4. The monoisotopic (exact) mass is 355 g/mol. The van der Waals surface area contributed by atoms with E-state index in [2.05, 4.69) is 4.98 Å². The van der Waals surface area contributed by atoms with Gasteiger partial charge in [-0.2, -0.15) is 4.39 Å². The Morgan fingerprint density at radius 2 is 2.00 bits per heavy atom. The van der Waals surface area contributed by atoms with E-state index in [-0.39, 0.29) is 14.7 Å². The molecule has 0 spiro atoms. The number of hydrogen-bond donors (Lipinski definition) is 1. The maximum Gasteiger partial charge on any atom is 0.307 e. The quantitative estimate of drug-likeness (QED) is 0.671. The third kappa shape index (κ3) is 3.25. The summed E-state index contributed by atoms with van der Waals surface area (Å²) in [6.45, 7) is 0. The lowest BCUT2D eigenvalue weighted by Gasteiger charge is -2.07. The van der Waals surface area contributed by atoms with Gasteiger partial charge < -0.3 is 0 Å². The Hall–Kier alpha value is -1.85. The Kier molecular flexibility index (Phi) is 4.07. The molecule has 0 amide bonds. The first-order valence-electron chi connectivity index (χ1n) is 4.98. The van der Waals surface area contributed by atoms with Crippen molar-refractivity contribution in [3.05, 3.63) is 44.5 Å². The molecule has 7 nitrogen and oxygen atoms in total. The van der Waals surface area contributed by atoms with E-state index < -0.39 is 38.0 Å². The van der Waals surface area contributed by atoms with E-state index in [4.69, 9.17) is 11.6 Å². The molecule has 21 heavy (non-hydrogen) atoms. The molecule has 0 saturated heterocycles. The van der Waals surface area contributed by atoms with E-state index in [1.807, 2.05) is 0 Å². The number of anilines is 1. The molecule has 1 heterocycles. The third-order valence-electron chi connectivity index (χ3n) is 2.20. The fourth-order valence-electron chi connectivity index (χ4n) is 1.31. The molecule has 1 aromatic carbocycles. The van der Waals surface area contributed by atoms with Gasteiger partial charge in [0.1, 0.15) is 0 Å². The Balaban J connectivity index is 2.44. The number of aromatic nitrogens is 1. The largest absolute Gasteiger partial charge is 0.307 e. The van der Waals surface area contributed by atoms with Crippen molar-refractivity contribution in [3.8, 4) is 0 Å². The van der Waals surface area contributed by atoms with E-state index in [0.717, 1.165) is 6.20 Å². The zero-order chi connectivity index (χ0) is 15.8. The van der Waals surface area contributed by atoms with Gasteiger partial charge >= 0.3 is 5.69 Å². The summed E-state index contributed by atoms with van der Waals surface area (Å²) in [5.74, 6) is -2.71. The van der Waals surface area contributed by atoms with Crippen LogP contribution in [0.5, 0.6) is 0 Å². The van der Waals surface area contributed by atoms with Crippen LogP contribution < -0.4 is 4.72 Å². The van der Waals surface area contributed by atoms with Crippen molar-refractivity contribution < 1.29 is 22.1 Å². The molecule has 0 aliphatic carbocycles. The van der Waals surface area contributed by atoms with Gasteiger partial charge in [-0.3, -0.25) is 14.8 Å². The second-order valence-electron chi connectivity index (χ2n) is 3.58. The summed E-state index contributed by atoms with van der Waals surface area (Å²) in [5, 5.41) is 10.6. The predicted molar refractivity (Wildman–Crippen MR) is 70.9 cm³/mol. The summed E-state index contributed by atoms with van der Waals surface area (Å²) < 4.78 is 51.9. The molecular weight excluding hydrogens is 352 g/mol. The number of thiazole rings is 1. The van der Waals surface area contributed by atoms with E-state index >= 15 is 0 Å². The summed E-state index contributed by atoms with van der Waals surface area (Å²) >= 11 is 6.10. The standard InChI is InChI=1S/C9H4ClF2N3O4S2/c10-9-13-3-8(20-9)21(18,19)14-6-2-7(15(16)17)5(12)1-4(6)11/h1-3,14H. The average molecular weight is 356 g/mol. The van der Waals surface area contributed by atoms with E-state index in [1.165, 1.54) is 0 Å². The van der Waals surface area contributed by atoms with E-state index in [1.54, 1.807) is 4.72 Å². The zero-order valence-electron chi connectivity index (χ0n) is 9.71. The number of nitro groups is 1. The topological polar surface area (TPSA) is 102 Å². The lowest BCUT2D eigenvalue weighted by molar-refractivity contribution is -0.387. The number of sulfonamides is 1. The highest BCUT2D eigenvalue weighted by molar-refractivity contribution is 7.94. The average Bonchev–Trinajstić information content (AvgIpc) is 2.79. The lowest BCUT2D eigenvalue weighted by atomic mass is 10.2. The van der Waals surface area contributed by atoms with Crippen molar-refractivity contribution in [1.29, 1.82) is 0 Å². The fourth-order valence-corrected chi connectivity index (χ4v) is 3.67. The Morgan fingerprint density at radius 1 is 1.33 bits per heavy atom. The molecule has 12 heteroatoms. The Morgan fingerprint density at radius 3 is 2.52 bits per heavy atom. The molecule has 0 atom stereocenters. The van der Waals surface area contributed by atoms with Crippen LogP contribution in [0.25, 0.3) is 0 Å². The fraction of sp³-hybridized carbons (Fsp3) is 0. The zero-order valence-corrected chi connectivity index (χ0v) is 12.1. The van der Waals surface area contributed by atoms with Gasteiger partial charge in [0, 0.05) is 12.1 Å². The van der Waals surface area contributed by atoms with Gasteiger partial charge in [0.15, 0.2) is 14.5 Å². The maximum atomic E-state index is 13.5. The Labute approximate surface area is 125 Å². The highest BCUT2D eigenvalue weighted by atomic mass is 35.5. The molecule has 0 fully saturated rings. The van der Waals surface area contributed by atoms with Crippen molar-refractivity contribution in [2.45, 2.75) is 4.21 Å². The summed E-state index contributed by atoms with van der Waals surface area (Å²) in [7, 11) is -4.23. The minimum Gasteiger partial charge on any atom is -0.276 e. The molecule has 2 rings (SSSR count). The first-order chi connectivity index (χ1) is 9.70. The molecule has 0 saturated carbocycles. The predicted octanol–water partition coefficient (Wildman–Crippen LogP) is 2.78. The molecule has 1 N–H and O–H groups in total. The van der Waals surface area contributed by atoms with Crippen LogP contribution in [0.4, 0.5) is 20.2 Å². The van der Waals surface area contributed by atoms with Gasteiger partial charge in [-0.25, -0.2) is 17.8 Å². The van der Waals surface area contributed by atoms with Crippen molar-refractivity contribution in [2.75, 3.05) is 4.72 Å². The first-order valence-corrected chi connectivity index (χ1v) is 7.66. The number of nitrogens with one attached hydrogen (secondary N) is 1. The van der Waals surface area contributed by atoms with Gasteiger partial charge in [0.05, 0.1) is 16.8 Å². The van der Waals surface area contributed by atoms with E-state index in [0.29, 0.717) is 17.4 Å².